The Morgan fingerprint density at radius 3 is 2.43 bits per heavy atom. The van der Waals surface area contributed by atoms with Crippen molar-refractivity contribution in [3.05, 3.63) is 39.4 Å². The van der Waals surface area contributed by atoms with E-state index in [-0.39, 0.29) is 0 Å². The topological polar surface area (TPSA) is 110 Å². The van der Waals surface area contributed by atoms with Gasteiger partial charge < -0.3 is 10.4 Å². The molecule has 0 aliphatic carbocycles. The first-order chi connectivity index (χ1) is 9.55. The highest BCUT2D eigenvalue weighted by molar-refractivity contribution is 5.96. The number of benzene rings is 1. The van der Waals surface area contributed by atoms with E-state index in [1.54, 1.807) is 0 Å². The summed E-state index contributed by atoms with van der Waals surface area (Å²) in [6.07, 6.45) is -0.489. The minimum Gasteiger partial charge on any atom is -0.481 e. The zero-order valence-corrected chi connectivity index (χ0v) is 11.1. The van der Waals surface area contributed by atoms with Gasteiger partial charge in [0.25, 0.3) is 5.91 Å². The van der Waals surface area contributed by atoms with Crippen LogP contribution in [0.25, 0.3) is 0 Å². The lowest BCUT2D eigenvalue weighted by Crippen LogP contribution is -2.45. The maximum absolute atomic E-state index is 13.8. The Kier molecular flexibility index (Phi) is 4.56. The Balaban J connectivity index is 3.16. The van der Waals surface area contributed by atoms with Crippen LogP contribution in [0.5, 0.6) is 0 Å². The lowest BCUT2D eigenvalue weighted by Gasteiger charge is -2.24. The second-order valence-electron chi connectivity index (χ2n) is 4.92. The van der Waals surface area contributed by atoms with Gasteiger partial charge in [-0.25, -0.2) is 4.39 Å². The summed E-state index contributed by atoms with van der Waals surface area (Å²) in [5.41, 5.74) is -3.45. The molecule has 0 heterocycles. The molecule has 1 aromatic carbocycles. The number of carboxylic acid groups (broad SMARTS) is 1. The van der Waals surface area contributed by atoms with Crippen molar-refractivity contribution in [3.8, 4) is 0 Å². The van der Waals surface area contributed by atoms with E-state index in [2.05, 4.69) is 5.32 Å². The molecule has 1 amide bonds. The average molecular weight is 302 g/mol. The molecule has 2 N–H and O–H groups in total. The molecule has 0 atom stereocenters. The molecule has 0 saturated heterocycles. The zero-order valence-electron chi connectivity index (χ0n) is 11.1. The van der Waals surface area contributed by atoms with Crippen molar-refractivity contribution < 1.29 is 28.4 Å². The predicted octanol–water partition coefficient (Wildman–Crippen LogP) is 1.86. The SMILES string of the molecule is CC(C)(CC(=O)O)NC(=O)c1c(F)ccc([N+](=O)[O-])c1F. The van der Waals surface area contributed by atoms with Crippen LogP contribution in [-0.4, -0.2) is 27.4 Å². The van der Waals surface area contributed by atoms with Crippen LogP contribution in [0.1, 0.15) is 30.6 Å². The summed E-state index contributed by atoms with van der Waals surface area (Å²) in [6.45, 7) is 2.68. The molecule has 1 rings (SSSR count). The highest BCUT2D eigenvalue weighted by atomic mass is 19.1. The molecule has 21 heavy (non-hydrogen) atoms. The number of nitrogens with one attached hydrogen (secondary N) is 1. The number of amides is 1. The Bertz CT molecular complexity index is 616. The summed E-state index contributed by atoms with van der Waals surface area (Å²) in [7, 11) is 0. The Morgan fingerprint density at radius 1 is 1.38 bits per heavy atom. The van der Waals surface area contributed by atoms with Crippen LogP contribution in [0.2, 0.25) is 0 Å². The number of rotatable bonds is 5. The Labute approximate surface area is 117 Å². The van der Waals surface area contributed by atoms with Crippen LogP contribution >= 0.6 is 0 Å². The van der Waals surface area contributed by atoms with Crippen molar-refractivity contribution >= 4 is 17.6 Å². The van der Waals surface area contributed by atoms with Crippen molar-refractivity contribution in [3.63, 3.8) is 0 Å². The minimum atomic E-state index is -1.61. The molecule has 0 fully saturated rings. The van der Waals surface area contributed by atoms with Crippen LogP contribution < -0.4 is 5.32 Å². The van der Waals surface area contributed by atoms with E-state index >= 15 is 0 Å². The third-order valence-corrected chi connectivity index (χ3v) is 2.54. The molecular weight excluding hydrogens is 290 g/mol. The van der Waals surface area contributed by atoms with Gasteiger partial charge in [0.05, 0.1) is 11.3 Å². The number of hydrogen-bond acceptors (Lipinski definition) is 4. The number of nitrogens with zero attached hydrogens (tertiary/aromatic N) is 1. The molecule has 0 spiro atoms. The van der Waals surface area contributed by atoms with Crippen LogP contribution in [0, 0.1) is 21.7 Å². The monoisotopic (exact) mass is 302 g/mol. The van der Waals surface area contributed by atoms with Gasteiger partial charge in [-0.15, -0.1) is 0 Å². The van der Waals surface area contributed by atoms with Gasteiger partial charge in [-0.2, -0.15) is 4.39 Å². The number of carboxylic acids is 1. The van der Waals surface area contributed by atoms with E-state index < -0.39 is 51.6 Å². The molecule has 1 aromatic rings. The van der Waals surface area contributed by atoms with Gasteiger partial charge in [0.1, 0.15) is 11.4 Å². The predicted molar refractivity (Wildman–Crippen MR) is 66.8 cm³/mol. The molecule has 7 nitrogen and oxygen atoms in total. The Hall–Kier alpha value is -2.58. The lowest BCUT2D eigenvalue weighted by atomic mass is 10.00. The molecule has 0 unspecified atom stereocenters. The highest BCUT2D eigenvalue weighted by Gasteiger charge is 2.30. The molecule has 0 aromatic heterocycles. The summed E-state index contributed by atoms with van der Waals surface area (Å²) >= 11 is 0. The molecule has 114 valence electrons. The van der Waals surface area contributed by atoms with Gasteiger partial charge in [0, 0.05) is 11.6 Å². The summed E-state index contributed by atoms with van der Waals surface area (Å²) in [6, 6.07) is 1.20. The zero-order chi connectivity index (χ0) is 16.4. The number of carbonyl (C=O) groups is 2. The van der Waals surface area contributed by atoms with Gasteiger partial charge in [0.15, 0.2) is 0 Å². The number of hydrogen-bond donors (Lipinski definition) is 2. The first-order valence-corrected chi connectivity index (χ1v) is 5.72. The van der Waals surface area contributed by atoms with E-state index in [0.29, 0.717) is 12.1 Å². The second-order valence-corrected chi connectivity index (χ2v) is 4.92. The van der Waals surface area contributed by atoms with E-state index in [9.17, 15) is 28.5 Å². The lowest BCUT2D eigenvalue weighted by molar-refractivity contribution is -0.387. The second kappa shape index (κ2) is 5.81. The van der Waals surface area contributed by atoms with Crippen LogP contribution in [-0.2, 0) is 4.79 Å². The van der Waals surface area contributed by atoms with E-state index in [4.69, 9.17) is 5.11 Å². The fourth-order valence-corrected chi connectivity index (χ4v) is 1.68. The molecule has 0 aliphatic heterocycles. The molecule has 0 saturated carbocycles. The molecule has 0 aliphatic rings. The number of nitro groups is 1. The highest BCUT2D eigenvalue weighted by Crippen LogP contribution is 2.23. The van der Waals surface area contributed by atoms with Crippen molar-refractivity contribution in [2.45, 2.75) is 25.8 Å². The van der Waals surface area contributed by atoms with Gasteiger partial charge in [0.2, 0.25) is 5.82 Å². The maximum atomic E-state index is 13.8. The van der Waals surface area contributed by atoms with E-state index in [1.165, 1.54) is 13.8 Å². The van der Waals surface area contributed by atoms with Crippen molar-refractivity contribution in [2.75, 3.05) is 0 Å². The first-order valence-electron chi connectivity index (χ1n) is 5.72. The summed E-state index contributed by atoms with van der Waals surface area (Å²) < 4.78 is 27.4. The maximum Gasteiger partial charge on any atom is 0.305 e. The van der Waals surface area contributed by atoms with Crippen LogP contribution in [0.15, 0.2) is 12.1 Å². The number of aliphatic carboxylic acids is 1. The van der Waals surface area contributed by atoms with Crippen LogP contribution in [0.4, 0.5) is 14.5 Å². The van der Waals surface area contributed by atoms with Crippen molar-refractivity contribution in [1.82, 2.24) is 5.32 Å². The fraction of sp³-hybridized carbons (Fsp3) is 0.333. The standard InChI is InChI=1S/C12H12F2N2O5/c1-12(2,5-8(17)18)15-11(19)9-6(13)3-4-7(10(9)14)16(20)21/h3-4H,5H2,1-2H3,(H,15,19)(H,17,18). The molecular formula is C12H12F2N2O5. The van der Waals surface area contributed by atoms with Gasteiger partial charge >= 0.3 is 11.7 Å². The number of halogens is 2. The Morgan fingerprint density at radius 2 is 1.95 bits per heavy atom. The normalized spacial score (nSPS) is 11.0. The molecule has 9 heteroatoms. The van der Waals surface area contributed by atoms with E-state index in [1.807, 2.05) is 0 Å². The number of carbonyl (C=O) groups excluding carboxylic acids is 1. The first kappa shape index (κ1) is 16.5. The van der Waals surface area contributed by atoms with Crippen LogP contribution in [0.3, 0.4) is 0 Å². The minimum absolute atomic E-state index is 0.489. The third-order valence-electron chi connectivity index (χ3n) is 2.54. The summed E-state index contributed by atoms with van der Waals surface area (Å²) in [5, 5.41) is 21.4. The van der Waals surface area contributed by atoms with Gasteiger partial charge in [-0.3, -0.25) is 19.7 Å². The smallest absolute Gasteiger partial charge is 0.305 e. The largest absolute Gasteiger partial charge is 0.481 e. The molecule has 0 bridgehead atoms. The fourth-order valence-electron chi connectivity index (χ4n) is 1.68. The summed E-state index contributed by atoms with van der Waals surface area (Å²) in [4.78, 5) is 32.0. The summed E-state index contributed by atoms with van der Waals surface area (Å²) in [5.74, 6) is -5.37. The third kappa shape index (κ3) is 3.94. The van der Waals surface area contributed by atoms with Gasteiger partial charge in [-0.05, 0) is 19.9 Å². The van der Waals surface area contributed by atoms with Crippen molar-refractivity contribution in [2.24, 2.45) is 0 Å². The quantitative estimate of drug-likeness (QED) is 0.637. The number of nitro benzene ring substituents is 1. The average Bonchev–Trinajstić information content (AvgIpc) is 2.25. The van der Waals surface area contributed by atoms with Crippen molar-refractivity contribution in [1.29, 1.82) is 0 Å². The van der Waals surface area contributed by atoms with Gasteiger partial charge in [-0.1, -0.05) is 0 Å². The van der Waals surface area contributed by atoms with E-state index in [0.717, 1.165) is 0 Å². The molecule has 0 radical (unpaired) electrons.